The SMILES string of the molecule is CC(CC(=O)NCc1ccccc1CO)C(=O)c1cccc(F)c1. The Morgan fingerprint density at radius 3 is 2.50 bits per heavy atom. The number of hydrogen-bond acceptors (Lipinski definition) is 3. The lowest BCUT2D eigenvalue weighted by Gasteiger charge is -2.12. The van der Waals surface area contributed by atoms with Crippen LogP contribution in [0.4, 0.5) is 4.39 Å². The molecule has 4 nitrogen and oxygen atoms in total. The summed E-state index contributed by atoms with van der Waals surface area (Å²) in [5, 5.41) is 12.0. The van der Waals surface area contributed by atoms with Gasteiger partial charge < -0.3 is 10.4 Å². The van der Waals surface area contributed by atoms with Gasteiger partial charge in [-0.25, -0.2) is 4.39 Å². The zero-order valence-electron chi connectivity index (χ0n) is 13.5. The van der Waals surface area contributed by atoms with Gasteiger partial charge in [-0.2, -0.15) is 0 Å². The number of carbonyl (C=O) groups is 2. The molecule has 2 aromatic carbocycles. The summed E-state index contributed by atoms with van der Waals surface area (Å²) in [6.07, 6.45) is 0.0244. The van der Waals surface area contributed by atoms with Crippen LogP contribution in [0.1, 0.15) is 34.8 Å². The third kappa shape index (κ3) is 4.73. The van der Waals surface area contributed by atoms with Crippen LogP contribution in [-0.2, 0) is 17.9 Å². The third-order valence-corrected chi connectivity index (χ3v) is 3.81. The van der Waals surface area contributed by atoms with Crippen molar-refractivity contribution >= 4 is 11.7 Å². The minimum absolute atomic E-state index is 0.0244. The molecule has 0 fully saturated rings. The molecule has 0 aromatic heterocycles. The predicted molar refractivity (Wildman–Crippen MR) is 88.7 cm³/mol. The lowest BCUT2D eigenvalue weighted by Crippen LogP contribution is -2.27. The predicted octanol–water partition coefficient (Wildman–Crippen LogP) is 2.84. The van der Waals surface area contributed by atoms with Gasteiger partial charge in [0.1, 0.15) is 5.82 Å². The number of aliphatic hydroxyl groups excluding tert-OH is 1. The van der Waals surface area contributed by atoms with Gasteiger partial charge in [-0.15, -0.1) is 0 Å². The summed E-state index contributed by atoms with van der Waals surface area (Å²) in [7, 11) is 0. The highest BCUT2D eigenvalue weighted by Gasteiger charge is 2.19. The Hall–Kier alpha value is -2.53. The van der Waals surface area contributed by atoms with E-state index in [9.17, 15) is 19.1 Å². The van der Waals surface area contributed by atoms with Crippen LogP contribution in [0.15, 0.2) is 48.5 Å². The van der Waals surface area contributed by atoms with Crippen molar-refractivity contribution in [3.05, 3.63) is 71.0 Å². The summed E-state index contributed by atoms with van der Waals surface area (Å²) in [5.41, 5.74) is 1.85. The van der Waals surface area contributed by atoms with E-state index in [2.05, 4.69) is 5.32 Å². The summed E-state index contributed by atoms with van der Waals surface area (Å²) in [6, 6.07) is 12.7. The molecule has 1 amide bonds. The molecule has 0 spiro atoms. The summed E-state index contributed by atoms with van der Waals surface area (Å²) >= 11 is 0. The molecular formula is C19H20FNO3. The van der Waals surface area contributed by atoms with E-state index in [-0.39, 0.29) is 36.8 Å². The van der Waals surface area contributed by atoms with Crippen molar-refractivity contribution in [2.45, 2.75) is 26.5 Å². The second-order valence-electron chi connectivity index (χ2n) is 5.68. The number of benzene rings is 2. The van der Waals surface area contributed by atoms with E-state index in [0.29, 0.717) is 0 Å². The van der Waals surface area contributed by atoms with Gasteiger partial charge in [-0.1, -0.05) is 43.3 Å². The molecule has 2 aromatic rings. The van der Waals surface area contributed by atoms with Gasteiger partial charge in [0.2, 0.25) is 5.91 Å². The van der Waals surface area contributed by atoms with Crippen LogP contribution in [0.25, 0.3) is 0 Å². The maximum absolute atomic E-state index is 13.2. The van der Waals surface area contributed by atoms with E-state index in [0.717, 1.165) is 11.1 Å². The molecule has 126 valence electrons. The highest BCUT2D eigenvalue weighted by Crippen LogP contribution is 2.14. The molecule has 0 saturated carbocycles. The number of rotatable bonds is 7. The monoisotopic (exact) mass is 329 g/mol. The number of carbonyl (C=O) groups excluding carboxylic acids is 2. The fraction of sp³-hybridized carbons (Fsp3) is 0.263. The molecule has 24 heavy (non-hydrogen) atoms. The number of amides is 1. The van der Waals surface area contributed by atoms with E-state index in [1.807, 2.05) is 18.2 Å². The molecule has 0 aliphatic rings. The Balaban J connectivity index is 1.91. The molecule has 2 N–H and O–H groups in total. The normalized spacial score (nSPS) is 11.8. The Labute approximate surface area is 140 Å². The van der Waals surface area contributed by atoms with Crippen molar-refractivity contribution in [3.63, 3.8) is 0 Å². The van der Waals surface area contributed by atoms with Gasteiger partial charge in [0.25, 0.3) is 0 Å². The number of aliphatic hydroxyl groups is 1. The first-order valence-corrected chi connectivity index (χ1v) is 7.75. The van der Waals surface area contributed by atoms with Gasteiger partial charge in [-0.3, -0.25) is 9.59 Å². The Kier molecular flexibility index (Phi) is 6.21. The third-order valence-electron chi connectivity index (χ3n) is 3.81. The largest absolute Gasteiger partial charge is 0.392 e. The topological polar surface area (TPSA) is 66.4 Å². The molecule has 5 heteroatoms. The van der Waals surface area contributed by atoms with Crippen LogP contribution in [0.5, 0.6) is 0 Å². The van der Waals surface area contributed by atoms with Crippen LogP contribution >= 0.6 is 0 Å². The average molecular weight is 329 g/mol. The number of ketones is 1. The van der Waals surface area contributed by atoms with Crippen molar-refractivity contribution in [2.75, 3.05) is 0 Å². The fourth-order valence-electron chi connectivity index (χ4n) is 2.45. The van der Waals surface area contributed by atoms with E-state index in [1.165, 1.54) is 24.3 Å². The first-order valence-electron chi connectivity index (χ1n) is 7.75. The van der Waals surface area contributed by atoms with Gasteiger partial charge in [0.15, 0.2) is 5.78 Å². The highest BCUT2D eigenvalue weighted by molar-refractivity contribution is 5.99. The molecule has 2 rings (SSSR count). The van der Waals surface area contributed by atoms with Gasteiger partial charge in [-0.05, 0) is 23.3 Å². The summed E-state index contributed by atoms with van der Waals surface area (Å²) < 4.78 is 13.2. The molecule has 1 unspecified atom stereocenters. The van der Waals surface area contributed by atoms with Crippen molar-refractivity contribution in [1.82, 2.24) is 5.32 Å². The maximum Gasteiger partial charge on any atom is 0.220 e. The van der Waals surface area contributed by atoms with Crippen LogP contribution in [0.2, 0.25) is 0 Å². The minimum atomic E-state index is -0.542. The van der Waals surface area contributed by atoms with Gasteiger partial charge >= 0.3 is 0 Å². The molecule has 0 heterocycles. The second kappa shape index (κ2) is 8.36. The van der Waals surface area contributed by atoms with Crippen molar-refractivity contribution in [3.8, 4) is 0 Å². The van der Waals surface area contributed by atoms with Crippen LogP contribution in [0, 0.1) is 11.7 Å². The van der Waals surface area contributed by atoms with E-state index >= 15 is 0 Å². The molecule has 0 radical (unpaired) electrons. The van der Waals surface area contributed by atoms with Gasteiger partial charge in [0.05, 0.1) is 6.61 Å². The molecular weight excluding hydrogens is 309 g/mol. The lowest BCUT2D eigenvalue weighted by molar-refractivity contribution is -0.121. The lowest BCUT2D eigenvalue weighted by atomic mass is 9.96. The number of Topliss-reactive ketones (excluding diaryl/α,β-unsaturated/α-hetero) is 1. The zero-order valence-corrected chi connectivity index (χ0v) is 13.5. The van der Waals surface area contributed by atoms with E-state index in [4.69, 9.17) is 0 Å². The minimum Gasteiger partial charge on any atom is -0.392 e. The summed E-state index contributed by atoms with van der Waals surface area (Å²) in [6.45, 7) is 1.84. The van der Waals surface area contributed by atoms with E-state index < -0.39 is 11.7 Å². The summed E-state index contributed by atoms with van der Waals surface area (Å²) in [4.78, 5) is 24.3. The Morgan fingerprint density at radius 1 is 1.12 bits per heavy atom. The molecule has 0 saturated heterocycles. The van der Waals surface area contributed by atoms with Crippen LogP contribution in [0.3, 0.4) is 0 Å². The first kappa shape index (κ1) is 17.8. The fourth-order valence-corrected chi connectivity index (χ4v) is 2.45. The number of halogens is 1. The smallest absolute Gasteiger partial charge is 0.220 e. The highest BCUT2D eigenvalue weighted by atomic mass is 19.1. The van der Waals surface area contributed by atoms with Gasteiger partial charge in [0, 0.05) is 24.4 Å². The molecule has 0 aliphatic carbocycles. The van der Waals surface area contributed by atoms with Crippen molar-refractivity contribution < 1.29 is 19.1 Å². The number of nitrogens with one attached hydrogen (secondary N) is 1. The summed E-state index contributed by atoms with van der Waals surface area (Å²) in [5.74, 6) is -1.54. The Bertz CT molecular complexity index is 730. The van der Waals surface area contributed by atoms with Crippen LogP contribution < -0.4 is 5.32 Å². The zero-order chi connectivity index (χ0) is 17.5. The Morgan fingerprint density at radius 2 is 1.83 bits per heavy atom. The van der Waals surface area contributed by atoms with Crippen molar-refractivity contribution in [2.24, 2.45) is 5.92 Å². The number of hydrogen-bond donors (Lipinski definition) is 2. The molecule has 0 aliphatic heterocycles. The molecule has 0 bridgehead atoms. The van der Waals surface area contributed by atoms with Crippen molar-refractivity contribution in [1.29, 1.82) is 0 Å². The first-order chi connectivity index (χ1) is 11.5. The maximum atomic E-state index is 13.2. The average Bonchev–Trinajstić information content (AvgIpc) is 2.59. The molecule has 1 atom stereocenters. The quantitative estimate of drug-likeness (QED) is 0.768. The van der Waals surface area contributed by atoms with E-state index in [1.54, 1.807) is 13.0 Å². The second-order valence-corrected chi connectivity index (χ2v) is 5.68. The standard InChI is InChI=1S/C19H20FNO3/c1-13(19(24)14-7-4-8-17(20)10-14)9-18(23)21-11-15-5-2-3-6-16(15)12-22/h2-8,10,13,22H,9,11-12H2,1H3,(H,21,23). The van der Waals surface area contributed by atoms with Crippen LogP contribution in [-0.4, -0.2) is 16.8 Å².